The van der Waals surface area contributed by atoms with Crippen molar-refractivity contribution in [1.29, 1.82) is 0 Å². The summed E-state index contributed by atoms with van der Waals surface area (Å²) in [6, 6.07) is 22.4. The monoisotopic (exact) mass is 670 g/mol. The molecule has 274 valence electrons. The maximum absolute atomic E-state index is 2.75. The molecule has 0 aliphatic rings. The molecule has 2 aromatic carbocycles. The lowest BCUT2D eigenvalue weighted by Crippen LogP contribution is -2.41. The molecule has 0 bridgehead atoms. The minimum atomic E-state index is 0.515. The van der Waals surface area contributed by atoms with Gasteiger partial charge in [-0.1, -0.05) is 210 Å². The molecule has 49 heavy (non-hydrogen) atoms. The Morgan fingerprint density at radius 1 is 0.510 bits per heavy atom. The zero-order valence-electron chi connectivity index (χ0n) is 32.6. The van der Waals surface area contributed by atoms with Gasteiger partial charge in [-0.05, 0) is 42.7 Å². The molecule has 0 amide bonds. The van der Waals surface area contributed by atoms with E-state index in [4.69, 9.17) is 0 Å². The molecule has 0 radical (unpaired) electrons. The third kappa shape index (κ3) is 17.9. The van der Waals surface area contributed by atoms with E-state index in [1.165, 1.54) is 177 Å². The summed E-state index contributed by atoms with van der Waals surface area (Å²) in [6.45, 7) is 9.34. The SMILES string of the molecule is CCCCCCCCCCCCCCCn1cc(CC(C)c2ccccc2)[n+](CCCCCCCCCCCCC)c1Cc1ccccc1. The molecule has 0 saturated carbocycles. The summed E-state index contributed by atoms with van der Waals surface area (Å²) in [5, 5.41) is 0. The lowest BCUT2D eigenvalue weighted by atomic mass is 9.96. The van der Waals surface area contributed by atoms with E-state index in [1.54, 1.807) is 0 Å². The summed E-state index contributed by atoms with van der Waals surface area (Å²) in [5.41, 5.74) is 4.42. The van der Waals surface area contributed by atoms with Crippen molar-refractivity contribution in [1.82, 2.24) is 4.57 Å². The molecule has 1 atom stereocenters. The molecule has 0 spiro atoms. The average molecular weight is 670 g/mol. The van der Waals surface area contributed by atoms with Crippen molar-refractivity contribution in [2.24, 2.45) is 0 Å². The maximum atomic E-state index is 2.75. The van der Waals surface area contributed by atoms with Gasteiger partial charge in [-0.15, -0.1) is 0 Å². The van der Waals surface area contributed by atoms with E-state index in [1.807, 2.05) is 0 Å². The lowest BCUT2D eigenvalue weighted by Gasteiger charge is -2.12. The van der Waals surface area contributed by atoms with Gasteiger partial charge in [0, 0.05) is 6.42 Å². The van der Waals surface area contributed by atoms with Crippen molar-refractivity contribution in [2.75, 3.05) is 0 Å². The number of aromatic nitrogens is 2. The van der Waals surface area contributed by atoms with Gasteiger partial charge in [-0.3, -0.25) is 0 Å². The number of hydrogen-bond acceptors (Lipinski definition) is 0. The van der Waals surface area contributed by atoms with Crippen molar-refractivity contribution in [3.8, 4) is 0 Å². The van der Waals surface area contributed by atoms with Crippen LogP contribution in [0.25, 0.3) is 0 Å². The molecular formula is C47H77N2+. The summed E-state index contributed by atoms with van der Waals surface area (Å²) >= 11 is 0. The van der Waals surface area contributed by atoms with Crippen LogP contribution in [0.3, 0.4) is 0 Å². The first-order valence-electron chi connectivity index (χ1n) is 21.4. The van der Waals surface area contributed by atoms with Crippen LogP contribution in [-0.4, -0.2) is 4.57 Å². The number of nitrogens with zero attached hydrogens (tertiary/aromatic N) is 2. The molecular weight excluding hydrogens is 593 g/mol. The highest BCUT2D eigenvalue weighted by Gasteiger charge is 2.25. The van der Waals surface area contributed by atoms with Crippen LogP contribution >= 0.6 is 0 Å². The Bertz CT molecular complexity index is 1160. The van der Waals surface area contributed by atoms with Gasteiger partial charge in [0.2, 0.25) is 0 Å². The van der Waals surface area contributed by atoms with Crippen molar-refractivity contribution in [3.05, 3.63) is 89.5 Å². The van der Waals surface area contributed by atoms with Gasteiger partial charge in [-0.2, -0.15) is 0 Å². The van der Waals surface area contributed by atoms with Crippen molar-refractivity contribution in [2.45, 2.75) is 207 Å². The molecule has 0 aliphatic carbocycles. The highest BCUT2D eigenvalue weighted by atomic mass is 15.2. The Hall–Kier alpha value is -2.35. The Kier molecular flexibility index (Phi) is 23.0. The van der Waals surface area contributed by atoms with Crippen LogP contribution in [0, 0.1) is 0 Å². The van der Waals surface area contributed by atoms with Crippen LogP contribution in [0.2, 0.25) is 0 Å². The minimum absolute atomic E-state index is 0.515. The highest BCUT2D eigenvalue weighted by molar-refractivity contribution is 5.21. The standard InChI is InChI=1S/C47H77N2/c1-4-6-8-10-12-14-16-17-19-20-22-24-32-38-48-42-46(40-43(3)45-36-30-27-31-37-45)49(47(48)41-44-34-28-26-29-35-44)39-33-25-23-21-18-15-13-11-9-7-5-2/h26-31,34-37,42-43H,4-25,32-33,38-41H2,1-3H3/q+1. The van der Waals surface area contributed by atoms with Crippen LogP contribution in [0.5, 0.6) is 0 Å². The van der Waals surface area contributed by atoms with E-state index in [0.29, 0.717) is 5.92 Å². The number of benzene rings is 2. The molecule has 1 unspecified atom stereocenters. The predicted molar refractivity (Wildman–Crippen MR) is 215 cm³/mol. The third-order valence-corrected chi connectivity index (χ3v) is 10.9. The van der Waals surface area contributed by atoms with E-state index >= 15 is 0 Å². The van der Waals surface area contributed by atoms with Gasteiger partial charge in [0.25, 0.3) is 5.82 Å². The molecule has 0 N–H and O–H groups in total. The number of imidazole rings is 1. The number of aryl methyl sites for hydroxylation is 1. The van der Waals surface area contributed by atoms with E-state index in [0.717, 1.165) is 25.9 Å². The zero-order valence-corrected chi connectivity index (χ0v) is 32.6. The molecule has 2 nitrogen and oxygen atoms in total. The minimum Gasteiger partial charge on any atom is -0.234 e. The quantitative estimate of drug-likeness (QED) is 0.0476. The topological polar surface area (TPSA) is 8.81 Å². The number of unbranched alkanes of at least 4 members (excludes halogenated alkanes) is 22. The van der Waals surface area contributed by atoms with Crippen LogP contribution in [-0.2, 0) is 25.9 Å². The maximum Gasteiger partial charge on any atom is 0.261 e. The van der Waals surface area contributed by atoms with Crippen LogP contribution in [0.4, 0.5) is 0 Å². The molecule has 1 aromatic heterocycles. The molecule has 0 fully saturated rings. The second kappa shape index (κ2) is 27.4. The Labute approximate surface area is 304 Å². The van der Waals surface area contributed by atoms with Gasteiger partial charge < -0.3 is 0 Å². The fourth-order valence-corrected chi connectivity index (χ4v) is 7.70. The van der Waals surface area contributed by atoms with Gasteiger partial charge >= 0.3 is 0 Å². The zero-order chi connectivity index (χ0) is 34.6. The fourth-order valence-electron chi connectivity index (χ4n) is 7.70. The summed E-state index contributed by atoms with van der Waals surface area (Å²) in [7, 11) is 0. The molecule has 2 heteroatoms. The highest BCUT2D eigenvalue weighted by Crippen LogP contribution is 2.22. The van der Waals surface area contributed by atoms with E-state index in [9.17, 15) is 0 Å². The molecule has 0 aliphatic heterocycles. The number of hydrogen-bond donors (Lipinski definition) is 0. The van der Waals surface area contributed by atoms with Crippen molar-refractivity contribution < 1.29 is 4.57 Å². The van der Waals surface area contributed by atoms with E-state index in [2.05, 4.69) is 96.8 Å². The lowest BCUT2D eigenvalue weighted by molar-refractivity contribution is -0.710. The van der Waals surface area contributed by atoms with Crippen LogP contribution < -0.4 is 4.57 Å². The molecule has 0 saturated heterocycles. The van der Waals surface area contributed by atoms with Gasteiger partial charge in [0.05, 0.1) is 19.5 Å². The molecule has 1 heterocycles. The largest absolute Gasteiger partial charge is 0.261 e. The summed E-state index contributed by atoms with van der Waals surface area (Å²) in [4.78, 5) is 0. The second-order valence-electron chi connectivity index (χ2n) is 15.3. The van der Waals surface area contributed by atoms with Gasteiger partial charge in [-0.25, -0.2) is 9.13 Å². The normalized spacial score (nSPS) is 12.1. The van der Waals surface area contributed by atoms with Gasteiger partial charge in [0.15, 0.2) is 0 Å². The Balaban J connectivity index is 1.56. The fraction of sp³-hybridized carbons (Fsp3) is 0.681. The first-order valence-corrected chi connectivity index (χ1v) is 21.4. The number of rotatable bonds is 31. The summed E-state index contributed by atoms with van der Waals surface area (Å²) in [5.74, 6) is 2.04. The molecule has 3 aromatic rings. The predicted octanol–water partition coefficient (Wildman–Crippen LogP) is 14.1. The van der Waals surface area contributed by atoms with Crippen molar-refractivity contribution in [3.63, 3.8) is 0 Å². The van der Waals surface area contributed by atoms with Crippen LogP contribution in [0.15, 0.2) is 66.9 Å². The summed E-state index contributed by atoms with van der Waals surface area (Å²) in [6.07, 6.45) is 38.4. The van der Waals surface area contributed by atoms with Crippen LogP contribution in [0.1, 0.15) is 203 Å². The molecule has 3 rings (SSSR count). The van der Waals surface area contributed by atoms with E-state index < -0.39 is 0 Å². The average Bonchev–Trinajstić information content (AvgIpc) is 3.44. The van der Waals surface area contributed by atoms with Crippen molar-refractivity contribution >= 4 is 0 Å². The first-order chi connectivity index (χ1) is 24.2. The first kappa shape index (κ1) is 41.1. The van der Waals surface area contributed by atoms with Gasteiger partial charge in [0.1, 0.15) is 11.9 Å². The smallest absolute Gasteiger partial charge is 0.234 e. The third-order valence-electron chi connectivity index (χ3n) is 10.9. The van der Waals surface area contributed by atoms with E-state index in [-0.39, 0.29) is 0 Å². The summed E-state index contributed by atoms with van der Waals surface area (Å²) < 4.78 is 5.42. The Morgan fingerprint density at radius 3 is 1.43 bits per heavy atom. The second-order valence-corrected chi connectivity index (χ2v) is 15.3. The Morgan fingerprint density at radius 2 is 0.939 bits per heavy atom.